The van der Waals surface area contributed by atoms with Gasteiger partial charge in [-0.15, -0.1) is 10.2 Å². The van der Waals surface area contributed by atoms with Crippen LogP contribution in [0, 0.1) is 13.8 Å². The summed E-state index contributed by atoms with van der Waals surface area (Å²) < 4.78 is 5.24. The maximum atomic E-state index is 5.24. The Hall–Kier alpha value is -2.69. The summed E-state index contributed by atoms with van der Waals surface area (Å²) in [7, 11) is 0. The standard InChI is InChI=1S/C16H16N4O/c1-11-5-6-17-8-14(11)9-18-15-7-13(4-3-12(15)2)16-20-19-10-21-16/h3-8,10,18H,9H2,1-2H3. The Kier molecular flexibility index (Phi) is 3.64. The summed E-state index contributed by atoms with van der Waals surface area (Å²) in [5, 5.41) is 11.1. The second-order valence-corrected chi connectivity index (χ2v) is 4.93. The highest BCUT2D eigenvalue weighted by molar-refractivity contribution is 5.64. The number of hydrogen-bond acceptors (Lipinski definition) is 5. The molecule has 0 radical (unpaired) electrons. The second kappa shape index (κ2) is 5.75. The third-order valence-corrected chi connectivity index (χ3v) is 3.46. The summed E-state index contributed by atoms with van der Waals surface area (Å²) in [6.45, 7) is 4.88. The van der Waals surface area contributed by atoms with E-state index in [2.05, 4.69) is 34.3 Å². The van der Waals surface area contributed by atoms with Crippen molar-refractivity contribution in [3.63, 3.8) is 0 Å². The fourth-order valence-electron chi connectivity index (χ4n) is 2.12. The molecule has 3 aromatic rings. The molecule has 0 fully saturated rings. The molecule has 1 aromatic carbocycles. The zero-order valence-electron chi connectivity index (χ0n) is 12.0. The van der Waals surface area contributed by atoms with Crippen LogP contribution in [0.15, 0.2) is 47.5 Å². The third-order valence-electron chi connectivity index (χ3n) is 3.46. The molecule has 5 nitrogen and oxygen atoms in total. The van der Waals surface area contributed by atoms with Gasteiger partial charge in [-0.25, -0.2) is 0 Å². The highest BCUT2D eigenvalue weighted by Crippen LogP contribution is 2.24. The van der Waals surface area contributed by atoms with Crippen LogP contribution in [-0.2, 0) is 6.54 Å². The molecular weight excluding hydrogens is 264 g/mol. The van der Waals surface area contributed by atoms with Crippen LogP contribution >= 0.6 is 0 Å². The number of aromatic nitrogens is 3. The van der Waals surface area contributed by atoms with Gasteiger partial charge in [0.15, 0.2) is 0 Å². The molecule has 0 atom stereocenters. The predicted molar refractivity (Wildman–Crippen MR) is 80.8 cm³/mol. The molecule has 3 rings (SSSR count). The summed E-state index contributed by atoms with van der Waals surface area (Å²) in [4.78, 5) is 4.17. The van der Waals surface area contributed by atoms with Gasteiger partial charge in [0.2, 0.25) is 12.3 Å². The van der Waals surface area contributed by atoms with Crippen molar-refractivity contribution in [2.45, 2.75) is 20.4 Å². The summed E-state index contributed by atoms with van der Waals surface area (Å²) in [6, 6.07) is 8.05. The first-order valence-electron chi connectivity index (χ1n) is 6.74. The Morgan fingerprint density at radius 2 is 2.05 bits per heavy atom. The van der Waals surface area contributed by atoms with Crippen molar-refractivity contribution in [2.75, 3.05) is 5.32 Å². The third kappa shape index (κ3) is 2.91. The van der Waals surface area contributed by atoms with Gasteiger partial charge < -0.3 is 9.73 Å². The summed E-state index contributed by atoms with van der Waals surface area (Å²) in [5.41, 5.74) is 5.53. The van der Waals surface area contributed by atoms with Crippen LogP contribution in [0.2, 0.25) is 0 Å². The molecule has 1 N–H and O–H groups in total. The zero-order chi connectivity index (χ0) is 14.7. The van der Waals surface area contributed by atoms with E-state index in [1.165, 1.54) is 23.1 Å². The van der Waals surface area contributed by atoms with Crippen LogP contribution in [0.25, 0.3) is 11.5 Å². The molecule has 0 amide bonds. The van der Waals surface area contributed by atoms with Gasteiger partial charge in [-0.2, -0.15) is 0 Å². The first kappa shape index (κ1) is 13.3. The monoisotopic (exact) mass is 280 g/mol. The van der Waals surface area contributed by atoms with Gasteiger partial charge in [0.05, 0.1) is 0 Å². The average Bonchev–Trinajstić information content (AvgIpc) is 3.02. The van der Waals surface area contributed by atoms with Crippen molar-refractivity contribution in [1.29, 1.82) is 0 Å². The molecule has 0 aliphatic rings. The largest absolute Gasteiger partial charge is 0.423 e. The van der Waals surface area contributed by atoms with E-state index in [9.17, 15) is 0 Å². The van der Waals surface area contributed by atoms with Gasteiger partial charge >= 0.3 is 0 Å². The van der Waals surface area contributed by atoms with Gasteiger partial charge in [0.1, 0.15) is 0 Å². The van der Waals surface area contributed by atoms with E-state index in [4.69, 9.17) is 4.42 Å². The Morgan fingerprint density at radius 3 is 2.81 bits per heavy atom. The van der Waals surface area contributed by atoms with E-state index in [-0.39, 0.29) is 0 Å². The van der Waals surface area contributed by atoms with Crippen molar-refractivity contribution in [3.8, 4) is 11.5 Å². The fourth-order valence-corrected chi connectivity index (χ4v) is 2.12. The van der Waals surface area contributed by atoms with Crippen LogP contribution in [0.3, 0.4) is 0 Å². The van der Waals surface area contributed by atoms with E-state index in [0.29, 0.717) is 5.89 Å². The van der Waals surface area contributed by atoms with Crippen LogP contribution in [-0.4, -0.2) is 15.2 Å². The molecule has 2 aromatic heterocycles. The van der Waals surface area contributed by atoms with Gasteiger partial charge in [-0.05, 0) is 48.7 Å². The number of rotatable bonds is 4. The van der Waals surface area contributed by atoms with Crippen molar-refractivity contribution < 1.29 is 4.42 Å². The summed E-state index contributed by atoms with van der Waals surface area (Å²) >= 11 is 0. The normalized spacial score (nSPS) is 10.6. The minimum absolute atomic E-state index is 0.524. The van der Waals surface area contributed by atoms with Gasteiger partial charge in [0.25, 0.3) is 0 Å². The van der Waals surface area contributed by atoms with E-state index in [1.54, 1.807) is 6.20 Å². The smallest absolute Gasteiger partial charge is 0.247 e. The highest BCUT2D eigenvalue weighted by atomic mass is 16.4. The maximum Gasteiger partial charge on any atom is 0.247 e. The number of nitrogens with zero attached hydrogens (tertiary/aromatic N) is 3. The van der Waals surface area contributed by atoms with Crippen molar-refractivity contribution in [3.05, 3.63) is 59.7 Å². The van der Waals surface area contributed by atoms with Crippen molar-refractivity contribution in [1.82, 2.24) is 15.2 Å². The molecule has 106 valence electrons. The Bertz CT molecular complexity index is 738. The first-order chi connectivity index (χ1) is 10.2. The van der Waals surface area contributed by atoms with Crippen molar-refractivity contribution >= 4 is 5.69 Å². The summed E-state index contributed by atoms with van der Waals surface area (Å²) in [5.74, 6) is 0.524. The first-order valence-corrected chi connectivity index (χ1v) is 6.74. The van der Waals surface area contributed by atoms with Gasteiger partial charge in [0, 0.05) is 30.2 Å². The van der Waals surface area contributed by atoms with Crippen molar-refractivity contribution in [2.24, 2.45) is 0 Å². The van der Waals surface area contributed by atoms with Crippen LogP contribution in [0.5, 0.6) is 0 Å². The van der Waals surface area contributed by atoms with E-state index in [1.807, 2.05) is 30.5 Å². The second-order valence-electron chi connectivity index (χ2n) is 4.93. The molecule has 0 aliphatic carbocycles. The molecule has 5 heteroatoms. The lowest BCUT2D eigenvalue weighted by Gasteiger charge is -2.11. The lowest BCUT2D eigenvalue weighted by atomic mass is 10.1. The molecule has 0 saturated heterocycles. The average molecular weight is 280 g/mol. The number of pyridine rings is 1. The molecule has 21 heavy (non-hydrogen) atoms. The minimum atomic E-state index is 0.524. The number of aryl methyl sites for hydroxylation is 2. The van der Waals surface area contributed by atoms with Gasteiger partial charge in [-0.3, -0.25) is 4.98 Å². The molecule has 0 saturated carbocycles. The molecule has 0 unspecified atom stereocenters. The van der Waals surface area contributed by atoms with Gasteiger partial charge in [-0.1, -0.05) is 6.07 Å². The molecule has 2 heterocycles. The molecule has 0 bridgehead atoms. The van der Waals surface area contributed by atoms with Crippen LogP contribution < -0.4 is 5.32 Å². The number of hydrogen-bond donors (Lipinski definition) is 1. The van der Waals surface area contributed by atoms with Crippen LogP contribution in [0.4, 0.5) is 5.69 Å². The fraction of sp³-hybridized carbons (Fsp3) is 0.188. The Labute approximate surface area is 123 Å². The zero-order valence-corrected chi connectivity index (χ0v) is 12.0. The Balaban J connectivity index is 1.82. The Morgan fingerprint density at radius 1 is 1.14 bits per heavy atom. The topological polar surface area (TPSA) is 63.8 Å². The lowest BCUT2D eigenvalue weighted by Crippen LogP contribution is -2.03. The number of nitrogens with one attached hydrogen (secondary N) is 1. The quantitative estimate of drug-likeness (QED) is 0.794. The molecule has 0 aliphatic heterocycles. The maximum absolute atomic E-state index is 5.24. The lowest BCUT2D eigenvalue weighted by molar-refractivity contribution is 0.568. The predicted octanol–water partition coefficient (Wildman–Crippen LogP) is 3.36. The SMILES string of the molecule is Cc1ccncc1CNc1cc(-c2nnco2)ccc1C. The summed E-state index contributed by atoms with van der Waals surface area (Å²) in [6.07, 6.45) is 5.03. The van der Waals surface area contributed by atoms with E-state index in [0.717, 1.165) is 17.8 Å². The van der Waals surface area contributed by atoms with E-state index < -0.39 is 0 Å². The number of anilines is 1. The van der Waals surface area contributed by atoms with E-state index >= 15 is 0 Å². The van der Waals surface area contributed by atoms with Crippen LogP contribution in [0.1, 0.15) is 16.7 Å². The highest BCUT2D eigenvalue weighted by Gasteiger charge is 2.07. The molecular formula is C16H16N4O. The number of benzene rings is 1. The minimum Gasteiger partial charge on any atom is -0.423 e. The molecule has 0 spiro atoms.